The molecule has 0 amide bonds. The van der Waals surface area contributed by atoms with Gasteiger partial charge >= 0.3 is 5.97 Å². The van der Waals surface area contributed by atoms with E-state index in [1.807, 2.05) is 0 Å². The SMILES string of the molecule is NCCCC[C@H](N)C(=O)C1CC[C@@H](C(=O)O)N1. The Morgan fingerprint density at radius 3 is 2.47 bits per heavy atom. The zero-order valence-electron chi connectivity index (χ0n) is 9.89. The molecular weight excluding hydrogens is 222 g/mol. The van der Waals surface area contributed by atoms with Gasteiger partial charge in [0.05, 0.1) is 12.1 Å². The van der Waals surface area contributed by atoms with Gasteiger partial charge in [-0.2, -0.15) is 0 Å². The molecule has 1 heterocycles. The number of unbranched alkanes of at least 4 members (excludes halogenated alkanes) is 1. The molecule has 1 unspecified atom stereocenters. The minimum absolute atomic E-state index is 0.0780. The van der Waals surface area contributed by atoms with Crippen molar-refractivity contribution in [2.24, 2.45) is 11.5 Å². The third kappa shape index (κ3) is 4.07. The summed E-state index contributed by atoms with van der Waals surface area (Å²) in [6.07, 6.45) is 3.35. The van der Waals surface area contributed by atoms with Gasteiger partial charge < -0.3 is 16.6 Å². The van der Waals surface area contributed by atoms with Gasteiger partial charge in [-0.1, -0.05) is 6.42 Å². The van der Waals surface area contributed by atoms with Crippen LogP contribution in [0.15, 0.2) is 0 Å². The van der Waals surface area contributed by atoms with Crippen molar-refractivity contribution in [1.82, 2.24) is 5.32 Å². The van der Waals surface area contributed by atoms with Crippen LogP contribution in [0.4, 0.5) is 0 Å². The van der Waals surface area contributed by atoms with Crippen LogP contribution in [0, 0.1) is 0 Å². The molecule has 0 saturated carbocycles. The molecule has 0 aromatic heterocycles. The van der Waals surface area contributed by atoms with Crippen LogP contribution in [0.2, 0.25) is 0 Å². The standard InChI is InChI=1S/C11H21N3O3/c12-6-2-1-3-7(13)10(15)8-4-5-9(14-8)11(16)17/h7-9,14H,1-6,12-13H2,(H,16,17)/t7-,8?,9-/m0/s1. The first kappa shape index (κ1) is 14.1. The Balaban J connectivity index is 2.35. The Morgan fingerprint density at radius 2 is 1.94 bits per heavy atom. The molecule has 0 aromatic rings. The van der Waals surface area contributed by atoms with Crippen molar-refractivity contribution in [3.63, 3.8) is 0 Å². The maximum absolute atomic E-state index is 11.9. The summed E-state index contributed by atoms with van der Waals surface area (Å²) in [4.78, 5) is 22.6. The Kier molecular flexibility index (Phi) is 5.54. The van der Waals surface area contributed by atoms with E-state index < -0.39 is 24.1 Å². The predicted octanol–water partition coefficient (Wildman–Crippen LogP) is -0.783. The molecule has 6 heteroatoms. The number of nitrogens with one attached hydrogen (secondary N) is 1. The van der Waals surface area contributed by atoms with E-state index in [0.717, 1.165) is 12.8 Å². The van der Waals surface area contributed by atoms with Gasteiger partial charge in [-0.15, -0.1) is 0 Å². The number of ketones is 1. The Bertz CT molecular complexity index is 283. The number of rotatable bonds is 7. The van der Waals surface area contributed by atoms with Crippen LogP contribution in [0.1, 0.15) is 32.1 Å². The van der Waals surface area contributed by atoms with Crippen molar-refractivity contribution in [3.8, 4) is 0 Å². The van der Waals surface area contributed by atoms with Gasteiger partial charge in [0.2, 0.25) is 0 Å². The number of aliphatic carboxylic acids is 1. The fourth-order valence-corrected chi connectivity index (χ4v) is 2.07. The largest absolute Gasteiger partial charge is 0.480 e. The lowest BCUT2D eigenvalue weighted by Crippen LogP contribution is -2.46. The van der Waals surface area contributed by atoms with Crippen LogP contribution in [0.3, 0.4) is 0 Å². The Hall–Kier alpha value is -0.980. The topological polar surface area (TPSA) is 118 Å². The number of hydrogen-bond acceptors (Lipinski definition) is 5. The molecule has 0 aromatic carbocycles. The van der Waals surface area contributed by atoms with Crippen LogP contribution in [-0.2, 0) is 9.59 Å². The van der Waals surface area contributed by atoms with Crippen LogP contribution in [0.25, 0.3) is 0 Å². The van der Waals surface area contributed by atoms with Crippen LogP contribution < -0.4 is 16.8 Å². The molecule has 0 radical (unpaired) electrons. The first-order valence-corrected chi connectivity index (χ1v) is 6.04. The number of hydrogen-bond donors (Lipinski definition) is 4. The minimum Gasteiger partial charge on any atom is -0.480 e. The predicted molar refractivity (Wildman–Crippen MR) is 63.5 cm³/mol. The summed E-state index contributed by atoms with van der Waals surface area (Å²) in [5.74, 6) is -0.984. The number of carboxylic acid groups (broad SMARTS) is 1. The smallest absolute Gasteiger partial charge is 0.320 e. The summed E-state index contributed by atoms with van der Waals surface area (Å²) in [7, 11) is 0. The summed E-state index contributed by atoms with van der Waals surface area (Å²) in [6.45, 7) is 0.601. The lowest BCUT2D eigenvalue weighted by molar-refractivity contribution is -0.139. The highest BCUT2D eigenvalue weighted by Crippen LogP contribution is 2.15. The van der Waals surface area contributed by atoms with Crippen molar-refractivity contribution in [2.75, 3.05) is 6.54 Å². The van der Waals surface area contributed by atoms with E-state index in [0.29, 0.717) is 25.8 Å². The zero-order valence-corrected chi connectivity index (χ0v) is 9.89. The second-order valence-corrected chi connectivity index (χ2v) is 4.48. The fraction of sp³-hybridized carbons (Fsp3) is 0.818. The van der Waals surface area contributed by atoms with Crippen molar-refractivity contribution >= 4 is 11.8 Å². The van der Waals surface area contributed by atoms with Crippen molar-refractivity contribution in [2.45, 2.75) is 50.2 Å². The molecule has 17 heavy (non-hydrogen) atoms. The zero-order chi connectivity index (χ0) is 12.8. The maximum atomic E-state index is 11.9. The minimum atomic E-state index is -0.906. The molecule has 1 rings (SSSR count). The van der Waals surface area contributed by atoms with E-state index in [1.54, 1.807) is 0 Å². The highest BCUT2D eigenvalue weighted by molar-refractivity contribution is 5.90. The molecule has 0 aliphatic carbocycles. The molecule has 1 aliphatic rings. The molecule has 1 aliphatic heterocycles. The van der Waals surface area contributed by atoms with Gasteiger partial charge in [-0.05, 0) is 32.2 Å². The average Bonchev–Trinajstić information content (AvgIpc) is 2.77. The van der Waals surface area contributed by atoms with Gasteiger partial charge in [0.25, 0.3) is 0 Å². The summed E-state index contributed by atoms with van der Waals surface area (Å²) in [6, 6.07) is -1.52. The van der Waals surface area contributed by atoms with Crippen molar-refractivity contribution in [3.05, 3.63) is 0 Å². The van der Waals surface area contributed by atoms with Gasteiger partial charge in [0.1, 0.15) is 6.04 Å². The summed E-state index contributed by atoms with van der Waals surface area (Å²) in [5, 5.41) is 11.6. The molecule has 6 nitrogen and oxygen atoms in total. The van der Waals surface area contributed by atoms with Gasteiger partial charge in [0, 0.05) is 0 Å². The van der Waals surface area contributed by atoms with Gasteiger partial charge in [0.15, 0.2) is 5.78 Å². The first-order valence-electron chi connectivity index (χ1n) is 6.04. The molecule has 6 N–H and O–H groups in total. The monoisotopic (exact) mass is 243 g/mol. The van der Waals surface area contributed by atoms with E-state index >= 15 is 0 Å². The van der Waals surface area contributed by atoms with Crippen molar-refractivity contribution in [1.29, 1.82) is 0 Å². The van der Waals surface area contributed by atoms with Crippen LogP contribution >= 0.6 is 0 Å². The second-order valence-electron chi connectivity index (χ2n) is 4.48. The summed E-state index contributed by atoms with van der Waals surface area (Å²) < 4.78 is 0. The fourth-order valence-electron chi connectivity index (χ4n) is 2.07. The molecular formula is C11H21N3O3. The van der Waals surface area contributed by atoms with Gasteiger partial charge in [-0.25, -0.2) is 0 Å². The first-order chi connectivity index (χ1) is 8.06. The average molecular weight is 243 g/mol. The summed E-state index contributed by atoms with van der Waals surface area (Å²) in [5.41, 5.74) is 11.1. The van der Waals surface area contributed by atoms with E-state index in [9.17, 15) is 9.59 Å². The molecule has 0 spiro atoms. The molecule has 0 bridgehead atoms. The number of Topliss-reactive ketones (excluding diaryl/α,β-unsaturated/α-hetero) is 1. The van der Waals surface area contributed by atoms with Crippen LogP contribution in [0.5, 0.6) is 0 Å². The van der Waals surface area contributed by atoms with Gasteiger partial charge in [-0.3, -0.25) is 14.9 Å². The quantitative estimate of drug-likeness (QED) is 0.435. The second kappa shape index (κ2) is 6.68. The van der Waals surface area contributed by atoms with E-state index in [4.69, 9.17) is 16.6 Å². The lowest BCUT2D eigenvalue weighted by atomic mass is 10.00. The molecule has 1 fully saturated rings. The van der Waals surface area contributed by atoms with Crippen LogP contribution in [-0.4, -0.2) is 41.5 Å². The highest BCUT2D eigenvalue weighted by atomic mass is 16.4. The molecule has 1 saturated heterocycles. The molecule has 98 valence electrons. The third-order valence-electron chi connectivity index (χ3n) is 3.12. The Labute approximate surface area is 101 Å². The number of carbonyl (C=O) groups excluding carboxylic acids is 1. The maximum Gasteiger partial charge on any atom is 0.320 e. The third-order valence-corrected chi connectivity index (χ3v) is 3.12. The lowest BCUT2D eigenvalue weighted by Gasteiger charge is -2.16. The summed E-state index contributed by atoms with van der Waals surface area (Å²) >= 11 is 0. The normalized spacial score (nSPS) is 25.8. The highest BCUT2D eigenvalue weighted by Gasteiger charge is 2.34. The number of carboxylic acids is 1. The van der Waals surface area contributed by atoms with E-state index in [-0.39, 0.29) is 5.78 Å². The number of carbonyl (C=O) groups is 2. The number of nitrogens with two attached hydrogens (primary N) is 2. The Morgan fingerprint density at radius 1 is 1.29 bits per heavy atom. The van der Waals surface area contributed by atoms with E-state index in [1.165, 1.54) is 0 Å². The van der Waals surface area contributed by atoms with Crippen molar-refractivity contribution < 1.29 is 14.7 Å². The van der Waals surface area contributed by atoms with E-state index in [2.05, 4.69) is 5.32 Å². The molecule has 3 atom stereocenters.